The van der Waals surface area contributed by atoms with Gasteiger partial charge in [-0.25, -0.2) is 4.39 Å². The second kappa shape index (κ2) is 9.07. The number of para-hydroxylation sites is 1. The van der Waals surface area contributed by atoms with Crippen LogP contribution in [-0.4, -0.2) is 42.3 Å². The van der Waals surface area contributed by atoms with E-state index in [1.807, 2.05) is 35.2 Å². The second-order valence-corrected chi connectivity index (χ2v) is 7.65. The Bertz CT molecular complexity index is 871. The Morgan fingerprint density at radius 1 is 1.17 bits per heavy atom. The van der Waals surface area contributed by atoms with Crippen LogP contribution in [0.1, 0.15) is 24.8 Å². The summed E-state index contributed by atoms with van der Waals surface area (Å²) in [4.78, 5) is 20.2. The van der Waals surface area contributed by atoms with Crippen LogP contribution < -0.4 is 4.74 Å². The maximum atomic E-state index is 13.7. The molecule has 2 aromatic rings. The summed E-state index contributed by atoms with van der Waals surface area (Å²) >= 11 is 0. The van der Waals surface area contributed by atoms with Gasteiger partial charge in [0, 0.05) is 31.8 Å². The number of hydrogen-bond donors (Lipinski definition) is 0. The van der Waals surface area contributed by atoms with Crippen molar-refractivity contribution in [3.8, 4) is 5.75 Å². The highest BCUT2D eigenvalue weighted by Crippen LogP contribution is 2.23. The lowest BCUT2D eigenvalue weighted by molar-refractivity contribution is -0.144. The van der Waals surface area contributed by atoms with E-state index in [-0.39, 0.29) is 23.4 Å². The fourth-order valence-electron chi connectivity index (χ4n) is 3.87. The van der Waals surface area contributed by atoms with Crippen LogP contribution in [0.25, 0.3) is 0 Å². The Labute approximate surface area is 170 Å². The summed E-state index contributed by atoms with van der Waals surface area (Å²) in [6.45, 7) is 1.70. The predicted octanol–water partition coefficient (Wildman–Crippen LogP) is 3.83. The van der Waals surface area contributed by atoms with E-state index >= 15 is 0 Å². The SMILES string of the molecule is O=C([C@H]1CC(Cc2ccccc2)=NO1)N1CCC[C@@H](COc2ccccc2F)C1. The molecule has 152 valence electrons. The number of piperidine rings is 1. The van der Waals surface area contributed by atoms with Crippen molar-refractivity contribution in [3.63, 3.8) is 0 Å². The van der Waals surface area contributed by atoms with Crippen molar-refractivity contribution in [2.45, 2.75) is 31.8 Å². The van der Waals surface area contributed by atoms with Crippen molar-refractivity contribution in [3.05, 3.63) is 66.0 Å². The monoisotopic (exact) mass is 396 g/mol. The number of ether oxygens (including phenoxy) is 1. The van der Waals surface area contributed by atoms with Crippen LogP contribution in [0.4, 0.5) is 4.39 Å². The van der Waals surface area contributed by atoms with E-state index in [9.17, 15) is 9.18 Å². The minimum Gasteiger partial charge on any atom is -0.490 e. The number of benzene rings is 2. The lowest BCUT2D eigenvalue weighted by atomic mass is 9.97. The van der Waals surface area contributed by atoms with Gasteiger partial charge in [0.05, 0.1) is 12.3 Å². The van der Waals surface area contributed by atoms with E-state index in [1.165, 1.54) is 6.07 Å². The standard InChI is InChI=1S/C23H25FN2O3/c24-20-10-4-5-11-21(20)28-16-18-9-6-12-26(15-18)23(27)22-14-19(25-29-22)13-17-7-2-1-3-8-17/h1-5,7-8,10-11,18,22H,6,9,12-16H2/t18-,22-/m1/s1. The molecule has 5 nitrogen and oxygen atoms in total. The van der Waals surface area contributed by atoms with E-state index in [1.54, 1.807) is 18.2 Å². The van der Waals surface area contributed by atoms with Gasteiger partial charge in [0.15, 0.2) is 11.6 Å². The fourth-order valence-corrected chi connectivity index (χ4v) is 3.87. The number of likely N-dealkylation sites (tertiary alicyclic amines) is 1. The molecule has 2 atom stereocenters. The van der Waals surface area contributed by atoms with Gasteiger partial charge in [-0.15, -0.1) is 0 Å². The van der Waals surface area contributed by atoms with E-state index in [0.29, 0.717) is 32.5 Å². The predicted molar refractivity (Wildman–Crippen MR) is 108 cm³/mol. The van der Waals surface area contributed by atoms with Gasteiger partial charge in [0.25, 0.3) is 5.91 Å². The highest BCUT2D eigenvalue weighted by molar-refractivity contribution is 5.94. The third kappa shape index (κ3) is 4.94. The molecular formula is C23H25FN2O3. The Morgan fingerprint density at radius 2 is 1.97 bits per heavy atom. The van der Waals surface area contributed by atoms with Crippen LogP contribution >= 0.6 is 0 Å². The normalized spacial score (nSPS) is 21.4. The number of halogens is 1. The summed E-state index contributed by atoms with van der Waals surface area (Å²) in [6, 6.07) is 16.4. The summed E-state index contributed by atoms with van der Waals surface area (Å²) in [5, 5.41) is 4.14. The molecule has 1 fully saturated rings. The topological polar surface area (TPSA) is 51.1 Å². The third-order valence-corrected chi connectivity index (χ3v) is 5.40. The largest absolute Gasteiger partial charge is 0.490 e. The van der Waals surface area contributed by atoms with Crippen LogP contribution in [0.5, 0.6) is 5.75 Å². The molecule has 2 heterocycles. The number of carbonyl (C=O) groups is 1. The summed E-state index contributed by atoms with van der Waals surface area (Å²) in [7, 11) is 0. The minimum absolute atomic E-state index is 0.0209. The number of hydrogen-bond acceptors (Lipinski definition) is 4. The highest BCUT2D eigenvalue weighted by Gasteiger charge is 2.34. The molecule has 4 rings (SSSR count). The van der Waals surface area contributed by atoms with E-state index < -0.39 is 6.10 Å². The molecule has 0 aromatic heterocycles. The van der Waals surface area contributed by atoms with Crippen molar-refractivity contribution >= 4 is 11.6 Å². The first-order valence-electron chi connectivity index (χ1n) is 10.1. The number of rotatable bonds is 6. The number of oxime groups is 1. The molecule has 0 radical (unpaired) electrons. The smallest absolute Gasteiger partial charge is 0.266 e. The Hall–Kier alpha value is -2.89. The van der Waals surface area contributed by atoms with Crippen molar-refractivity contribution < 1.29 is 18.8 Å². The Balaban J connectivity index is 1.27. The Morgan fingerprint density at radius 3 is 2.79 bits per heavy atom. The molecule has 0 spiro atoms. The average molecular weight is 396 g/mol. The quantitative estimate of drug-likeness (QED) is 0.746. The first-order chi connectivity index (χ1) is 14.2. The number of carbonyl (C=O) groups excluding carboxylic acids is 1. The second-order valence-electron chi connectivity index (χ2n) is 7.65. The van der Waals surface area contributed by atoms with Gasteiger partial charge in [0.2, 0.25) is 6.10 Å². The van der Waals surface area contributed by atoms with Crippen molar-refractivity contribution in [2.75, 3.05) is 19.7 Å². The highest BCUT2D eigenvalue weighted by atomic mass is 19.1. The zero-order chi connectivity index (χ0) is 20.1. The number of nitrogens with zero attached hydrogens (tertiary/aromatic N) is 2. The maximum Gasteiger partial charge on any atom is 0.266 e. The Kier molecular flexibility index (Phi) is 6.08. The van der Waals surface area contributed by atoms with Crippen LogP contribution in [0.2, 0.25) is 0 Å². The molecule has 1 amide bonds. The molecule has 0 unspecified atom stereocenters. The molecule has 0 N–H and O–H groups in total. The molecule has 1 saturated heterocycles. The van der Waals surface area contributed by atoms with Gasteiger partial charge in [-0.3, -0.25) is 4.79 Å². The lowest BCUT2D eigenvalue weighted by Gasteiger charge is -2.33. The first kappa shape index (κ1) is 19.4. The molecule has 2 aromatic carbocycles. The van der Waals surface area contributed by atoms with E-state index in [4.69, 9.17) is 9.57 Å². The zero-order valence-corrected chi connectivity index (χ0v) is 16.3. The molecule has 2 aliphatic heterocycles. The van der Waals surface area contributed by atoms with E-state index in [2.05, 4.69) is 5.16 Å². The van der Waals surface area contributed by atoms with Gasteiger partial charge < -0.3 is 14.5 Å². The van der Waals surface area contributed by atoms with Gasteiger partial charge in [0.1, 0.15) is 0 Å². The molecule has 2 aliphatic rings. The number of amides is 1. The fraction of sp³-hybridized carbons (Fsp3) is 0.391. The van der Waals surface area contributed by atoms with Gasteiger partial charge >= 0.3 is 0 Å². The molecule has 6 heteroatoms. The minimum atomic E-state index is -0.542. The zero-order valence-electron chi connectivity index (χ0n) is 16.3. The van der Waals surface area contributed by atoms with Crippen molar-refractivity contribution in [1.82, 2.24) is 4.90 Å². The average Bonchev–Trinajstić information content (AvgIpc) is 3.22. The van der Waals surface area contributed by atoms with Crippen molar-refractivity contribution in [2.24, 2.45) is 11.1 Å². The summed E-state index contributed by atoms with van der Waals surface area (Å²) in [6.07, 6.45) is 2.55. The lowest BCUT2D eigenvalue weighted by Crippen LogP contribution is -2.46. The van der Waals surface area contributed by atoms with Gasteiger partial charge in [-0.1, -0.05) is 47.6 Å². The summed E-state index contributed by atoms with van der Waals surface area (Å²) in [5.41, 5.74) is 2.05. The summed E-state index contributed by atoms with van der Waals surface area (Å²) < 4.78 is 19.4. The molecule has 0 aliphatic carbocycles. The van der Waals surface area contributed by atoms with Crippen LogP contribution in [0.15, 0.2) is 59.8 Å². The van der Waals surface area contributed by atoms with Gasteiger partial charge in [-0.05, 0) is 30.5 Å². The molecule has 0 saturated carbocycles. The van der Waals surface area contributed by atoms with E-state index in [0.717, 1.165) is 24.1 Å². The summed E-state index contributed by atoms with van der Waals surface area (Å²) in [5.74, 6) is 0.0542. The van der Waals surface area contributed by atoms with Gasteiger partial charge in [-0.2, -0.15) is 0 Å². The molecule has 29 heavy (non-hydrogen) atoms. The van der Waals surface area contributed by atoms with Crippen molar-refractivity contribution in [1.29, 1.82) is 0 Å². The molecule has 0 bridgehead atoms. The first-order valence-corrected chi connectivity index (χ1v) is 10.1. The molecular weight excluding hydrogens is 371 g/mol. The third-order valence-electron chi connectivity index (χ3n) is 5.40. The van der Waals surface area contributed by atoms with Crippen LogP contribution in [-0.2, 0) is 16.1 Å². The maximum absolute atomic E-state index is 13.7. The van der Waals surface area contributed by atoms with Crippen LogP contribution in [0, 0.1) is 11.7 Å². The van der Waals surface area contributed by atoms with Crippen LogP contribution in [0.3, 0.4) is 0 Å².